The summed E-state index contributed by atoms with van der Waals surface area (Å²) in [7, 11) is 0. The van der Waals surface area contributed by atoms with Crippen LogP contribution in [-0.4, -0.2) is 22.9 Å². The molecule has 3 rings (SSSR count). The first-order chi connectivity index (χ1) is 13.1. The maximum absolute atomic E-state index is 13.2. The molecule has 1 N–H and O–H groups in total. The van der Waals surface area contributed by atoms with Gasteiger partial charge in [0.1, 0.15) is 0 Å². The van der Waals surface area contributed by atoms with Crippen molar-refractivity contribution in [1.82, 2.24) is 0 Å². The van der Waals surface area contributed by atoms with Crippen LogP contribution in [0, 0.1) is 27.9 Å². The molecule has 2 aliphatic carbocycles. The quantitative estimate of drug-likeness (QED) is 0.459. The van der Waals surface area contributed by atoms with Gasteiger partial charge in [0.15, 0.2) is 6.10 Å². The van der Waals surface area contributed by atoms with Crippen LogP contribution in [0.4, 0.5) is 24.5 Å². The summed E-state index contributed by atoms with van der Waals surface area (Å²) in [6.07, 6.45) is -2.47. The van der Waals surface area contributed by atoms with Gasteiger partial charge in [0.05, 0.1) is 22.1 Å². The largest absolute Gasteiger partial charge is 0.452 e. The molecule has 0 aromatic heterocycles. The summed E-state index contributed by atoms with van der Waals surface area (Å²) >= 11 is 0. The summed E-state index contributed by atoms with van der Waals surface area (Å²) in [5, 5.41) is 12.8. The van der Waals surface area contributed by atoms with Crippen molar-refractivity contribution in [3.8, 4) is 0 Å². The monoisotopic (exact) mass is 400 g/mol. The minimum atomic E-state index is -4.91. The van der Waals surface area contributed by atoms with Crippen LogP contribution in [0.25, 0.3) is 0 Å². The summed E-state index contributed by atoms with van der Waals surface area (Å²) in [4.78, 5) is 34.3. The van der Waals surface area contributed by atoms with Crippen LogP contribution in [0.5, 0.6) is 0 Å². The number of amides is 1. The number of hydrogen-bond donors (Lipinski definition) is 1. The molecule has 4 atom stereocenters. The summed E-state index contributed by atoms with van der Waals surface area (Å²) in [6, 6.07) is 2.02. The molecule has 28 heavy (non-hydrogen) atoms. The molecule has 2 fully saturated rings. The van der Waals surface area contributed by atoms with Crippen LogP contribution in [0.3, 0.4) is 0 Å². The van der Waals surface area contributed by atoms with Crippen LogP contribution >= 0.6 is 0 Å². The van der Waals surface area contributed by atoms with Crippen LogP contribution in [-0.2, 0) is 20.5 Å². The van der Waals surface area contributed by atoms with E-state index in [4.69, 9.17) is 4.74 Å². The third-order valence-electron chi connectivity index (χ3n) is 5.48. The third kappa shape index (κ3) is 4.10. The maximum Gasteiger partial charge on any atom is 0.418 e. The number of nitrogens with one attached hydrogen (secondary N) is 1. The van der Waals surface area contributed by atoms with E-state index in [0.29, 0.717) is 12.0 Å². The zero-order chi connectivity index (χ0) is 20.6. The molecule has 0 aliphatic heterocycles. The number of benzene rings is 1. The smallest absolute Gasteiger partial charge is 0.418 e. The van der Waals surface area contributed by atoms with E-state index < -0.39 is 46.0 Å². The van der Waals surface area contributed by atoms with Crippen LogP contribution < -0.4 is 5.32 Å². The number of fused-ring (bicyclic) bond motifs is 2. The molecular formula is C18H19F3N2O5. The molecular weight excluding hydrogens is 381 g/mol. The number of nitro groups is 1. The van der Waals surface area contributed by atoms with E-state index in [-0.39, 0.29) is 11.8 Å². The molecule has 0 saturated heterocycles. The first-order valence-corrected chi connectivity index (χ1v) is 8.93. The number of anilines is 1. The fourth-order valence-electron chi connectivity index (χ4n) is 4.07. The van der Waals surface area contributed by atoms with Crippen molar-refractivity contribution in [2.45, 2.75) is 44.9 Å². The highest BCUT2D eigenvalue weighted by Crippen LogP contribution is 2.48. The fraction of sp³-hybridized carbons (Fsp3) is 0.556. The zero-order valence-electron chi connectivity index (χ0n) is 15.0. The lowest BCUT2D eigenvalue weighted by atomic mass is 9.89. The average Bonchev–Trinajstić information content (AvgIpc) is 3.24. The summed E-state index contributed by atoms with van der Waals surface area (Å²) < 4.78 is 44.7. The van der Waals surface area contributed by atoms with E-state index in [1.54, 1.807) is 0 Å². The fourth-order valence-corrected chi connectivity index (χ4v) is 4.07. The lowest BCUT2D eigenvalue weighted by molar-refractivity contribution is -0.385. The number of halogens is 3. The van der Waals surface area contributed by atoms with Crippen molar-refractivity contribution in [2.75, 3.05) is 5.32 Å². The van der Waals surface area contributed by atoms with Crippen molar-refractivity contribution in [3.63, 3.8) is 0 Å². The standard InChI is InChI=1S/C18H19F3N2O5/c1-9(28-17(25)13-7-10-2-3-11(13)6-10)16(24)22-15-5-4-12(23(26)27)8-14(15)18(19,20)21/h4-5,8-11,13H,2-3,6-7H2,1H3,(H,22,24). The number of non-ortho nitro benzene ring substituents is 1. The van der Waals surface area contributed by atoms with E-state index in [9.17, 15) is 32.9 Å². The van der Waals surface area contributed by atoms with E-state index >= 15 is 0 Å². The molecule has 1 aromatic rings. The highest BCUT2D eigenvalue weighted by Gasteiger charge is 2.44. The normalized spacial score (nSPS) is 24.6. The second-order valence-electron chi connectivity index (χ2n) is 7.33. The number of ether oxygens (including phenoxy) is 1. The Morgan fingerprint density at radius 2 is 2.00 bits per heavy atom. The van der Waals surface area contributed by atoms with Crippen molar-refractivity contribution in [3.05, 3.63) is 33.9 Å². The Morgan fingerprint density at radius 3 is 2.54 bits per heavy atom. The van der Waals surface area contributed by atoms with Crippen molar-refractivity contribution < 1.29 is 32.4 Å². The molecule has 0 heterocycles. The lowest BCUT2D eigenvalue weighted by Gasteiger charge is -2.22. The number of rotatable bonds is 5. The second-order valence-corrected chi connectivity index (χ2v) is 7.33. The molecule has 4 unspecified atom stereocenters. The Bertz CT molecular complexity index is 811. The van der Waals surface area contributed by atoms with Crippen molar-refractivity contribution in [2.24, 2.45) is 17.8 Å². The Labute approximate surface area is 158 Å². The number of carbonyl (C=O) groups is 2. The number of alkyl halides is 3. The summed E-state index contributed by atoms with van der Waals surface area (Å²) in [5.74, 6) is -0.954. The van der Waals surface area contributed by atoms with Gasteiger partial charge in [0.25, 0.3) is 11.6 Å². The number of carbonyl (C=O) groups excluding carboxylic acids is 2. The van der Waals surface area contributed by atoms with Gasteiger partial charge in [-0.15, -0.1) is 0 Å². The van der Waals surface area contributed by atoms with Crippen molar-refractivity contribution >= 4 is 23.3 Å². The third-order valence-corrected chi connectivity index (χ3v) is 5.48. The molecule has 2 bridgehead atoms. The summed E-state index contributed by atoms with van der Waals surface area (Å²) in [5.41, 5.74) is -2.73. The van der Waals surface area contributed by atoms with Gasteiger partial charge in [-0.05, 0) is 44.1 Å². The molecule has 0 spiro atoms. The van der Waals surface area contributed by atoms with Gasteiger partial charge in [0, 0.05) is 12.1 Å². The van der Waals surface area contributed by atoms with Gasteiger partial charge in [-0.25, -0.2) is 0 Å². The van der Waals surface area contributed by atoms with Gasteiger partial charge in [0.2, 0.25) is 0 Å². The van der Waals surface area contributed by atoms with Gasteiger partial charge < -0.3 is 10.1 Å². The van der Waals surface area contributed by atoms with Gasteiger partial charge in [-0.2, -0.15) is 13.2 Å². The van der Waals surface area contributed by atoms with Crippen molar-refractivity contribution in [1.29, 1.82) is 0 Å². The Balaban J connectivity index is 1.68. The van der Waals surface area contributed by atoms with E-state index in [1.807, 2.05) is 0 Å². The summed E-state index contributed by atoms with van der Waals surface area (Å²) in [6.45, 7) is 1.28. The molecule has 1 amide bonds. The van der Waals surface area contributed by atoms with Gasteiger partial charge >= 0.3 is 12.1 Å². The average molecular weight is 400 g/mol. The van der Waals surface area contributed by atoms with Crippen LogP contribution in [0.1, 0.15) is 38.2 Å². The molecule has 1 aromatic carbocycles. The van der Waals surface area contributed by atoms with E-state index in [2.05, 4.69) is 5.32 Å². The number of hydrogen-bond acceptors (Lipinski definition) is 5. The molecule has 2 aliphatic rings. The van der Waals surface area contributed by atoms with Crippen LogP contribution in [0.15, 0.2) is 18.2 Å². The molecule has 0 radical (unpaired) electrons. The predicted molar refractivity (Wildman–Crippen MR) is 91.2 cm³/mol. The molecule has 152 valence electrons. The first kappa shape index (κ1) is 20.1. The predicted octanol–water partition coefficient (Wildman–Crippen LogP) is 3.92. The first-order valence-electron chi connectivity index (χ1n) is 8.93. The highest BCUT2D eigenvalue weighted by molar-refractivity contribution is 5.96. The Hall–Kier alpha value is -2.65. The highest BCUT2D eigenvalue weighted by atomic mass is 19.4. The maximum atomic E-state index is 13.2. The minimum absolute atomic E-state index is 0.249. The minimum Gasteiger partial charge on any atom is -0.452 e. The SMILES string of the molecule is CC(OC(=O)C1CC2CCC1C2)C(=O)Nc1ccc([N+](=O)[O-])cc1C(F)(F)F. The Kier molecular flexibility index (Phi) is 5.31. The Morgan fingerprint density at radius 1 is 1.29 bits per heavy atom. The second kappa shape index (κ2) is 7.40. The number of nitro benzene ring substituents is 1. The van der Waals surface area contributed by atoms with Crippen LogP contribution in [0.2, 0.25) is 0 Å². The van der Waals surface area contributed by atoms with E-state index in [1.165, 1.54) is 6.92 Å². The molecule has 2 saturated carbocycles. The molecule has 10 heteroatoms. The van der Waals surface area contributed by atoms with Gasteiger partial charge in [-0.3, -0.25) is 19.7 Å². The van der Waals surface area contributed by atoms with E-state index in [0.717, 1.165) is 37.8 Å². The lowest BCUT2D eigenvalue weighted by Crippen LogP contribution is -2.34. The number of esters is 1. The number of nitrogens with zero attached hydrogens (tertiary/aromatic N) is 1. The topological polar surface area (TPSA) is 98.5 Å². The molecule has 7 nitrogen and oxygen atoms in total. The zero-order valence-corrected chi connectivity index (χ0v) is 15.0. The van der Waals surface area contributed by atoms with Gasteiger partial charge in [-0.1, -0.05) is 6.42 Å².